The van der Waals surface area contributed by atoms with E-state index in [9.17, 15) is 4.79 Å². The summed E-state index contributed by atoms with van der Waals surface area (Å²) >= 11 is 1.49. The summed E-state index contributed by atoms with van der Waals surface area (Å²) in [4.78, 5) is 16.8. The third kappa shape index (κ3) is 4.22. The largest absolute Gasteiger partial charge is 0.350 e. The average molecular weight is 385 g/mol. The van der Waals surface area contributed by atoms with Crippen molar-refractivity contribution in [2.24, 2.45) is 0 Å². The Hall–Kier alpha value is -2.18. The number of fused-ring (bicyclic) bond motifs is 1. The van der Waals surface area contributed by atoms with Crippen molar-refractivity contribution in [2.75, 3.05) is 13.1 Å². The fraction of sp³-hybridized carbons (Fsp3) is 0.429. The van der Waals surface area contributed by atoms with Crippen molar-refractivity contribution >= 4 is 27.5 Å². The number of amides is 1. The molecule has 0 fully saturated rings. The van der Waals surface area contributed by atoms with Crippen LogP contribution >= 0.6 is 11.3 Å². The van der Waals surface area contributed by atoms with Gasteiger partial charge in [-0.25, -0.2) is 4.68 Å². The molecule has 1 amide bonds. The van der Waals surface area contributed by atoms with Crippen LogP contribution in [0.15, 0.2) is 36.4 Å². The summed E-state index contributed by atoms with van der Waals surface area (Å²) in [5.74, 6) is -0.0114. The fourth-order valence-electron chi connectivity index (χ4n) is 3.40. The molecule has 27 heavy (non-hydrogen) atoms. The molecule has 6 heteroatoms. The van der Waals surface area contributed by atoms with Crippen molar-refractivity contribution in [2.45, 2.75) is 46.7 Å². The van der Waals surface area contributed by atoms with Gasteiger partial charge in [-0.1, -0.05) is 18.2 Å². The van der Waals surface area contributed by atoms with Crippen LogP contribution in [0.4, 0.5) is 0 Å². The Bertz CT molecular complexity index is 903. The molecule has 0 bridgehead atoms. The number of rotatable bonds is 7. The minimum atomic E-state index is -0.0114. The Labute approximate surface area is 165 Å². The SMILES string of the molecule is Cc1nn(-c2ccccc2)c2sc(C(=O)NCCN(C(C)C)C(C)C)cc12. The van der Waals surface area contributed by atoms with Gasteiger partial charge in [-0.05, 0) is 52.8 Å². The average Bonchev–Trinajstić information content (AvgIpc) is 3.19. The van der Waals surface area contributed by atoms with Crippen LogP contribution in [0, 0.1) is 6.92 Å². The summed E-state index contributed by atoms with van der Waals surface area (Å²) in [6, 6.07) is 12.9. The van der Waals surface area contributed by atoms with Crippen LogP contribution < -0.4 is 5.32 Å². The van der Waals surface area contributed by atoms with Gasteiger partial charge in [0, 0.05) is 30.6 Å². The molecule has 3 aromatic rings. The molecule has 2 aromatic heterocycles. The molecule has 2 heterocycles. The van der Waals surface area contributed by atoms with E-state index in [4.69, 9.17) is 0 Å². The number of para-hydroxylation sites is 1. The lowest BCUT2D eigenvalue weighted by Gasteiger charge is -2.30. The molecule has 1 aromatic carbocycles. The molecule has 5 nitrogen and oxygen atoms in total. The third-order valence-corrected chi connectivity index (χ3v) is 5.86. The molecular formula is C21H28N4OS. The van der Waals surface area contributed by atoms with Gasteiger partial charge in [0.15, 0.2) is 0 Å². The van der Waals surface area contributed by atoms with Crippen LogP contribution in [-0.2, 0) is 0 Å². The van der Waals surface area contributed by atoms with Gasteiger partial charge < -0.3 is 5.32 Å². The summed E-state index contributed by atoms with van der Waals surface area (Å²) in [5.41, 5.74) is 1.95. The number of benzene rings is 1. The first-order chi connectivity index (χ1) is 12.9. The maximum absolute atomic E-state index is 12.6. The smallest absolute Gasteiger partial charge is 0.261 e. The van der Waals surface area contributed by atoms with Crippen molar-refractivity contribution in [3.8, 4) is 5.69 Å². The zero-order chi connectivity index (χ0) is 19.6. The van der Waals surface area contributed by atoms with Gasteiger partial charge in [0.2, 0.25) is 0 Å². The second-order valence-corrected chi connectivity index (χ2v) is 8.37. The van der Waals surface area contributed by atoms with Crippen molar-refractivity contribution in [3.05, 3.63) is 47.0 Å². The standard InChI is InChI=1S/C21H28N4OS/c1-14(2)24(15(3)4)12-11-22-20(26)19-13-18-16(5)23-25(21(18)27-19)17-9-7-6-8-10-17/h6-10,13-15H,11-12H2,1-5H3,(H,22,26). The summed E-state index contributed by atoms with van der Waals surface area (Å²) in [7, 11) is 0. The Kier molecular flexibility index (Phi) is 5.97. The van der Waals surface area contributed by atoms with E-state index in [0.29, 0.717) is 18.6 Å². The van der Waals surface area contributed by atoms with E-state index in [1.807, 2.05) is 48.0 Å². The summed E-state index contributed by atoms with van der Waals surface area (Å²) < 4.78 is 1.92. The number of thiophene rings is 1. The number of nitrogens with one attached hydrogen (secondary N) is 1. The predicted octanol–water partition coefficient (Wildman–Crippen LogP) is 4.24. The molecule has 3 rings (SSSR count). The number of carbonyl (C=O) groups excluding carboxylic acids is 1. The molecule has 0 aliphatic rings. The van der Waals surface area contributed by atoms with E-state index in [2.05, 4.69) is 43.0 Å². The van der Waals surface area contributed by atoms with E-state index in [1.54, 1.807) is 0 Å². The zero-order valence-corrected chi connectivity index (χ0v) is 17.5. The molecule has 0 saturated carbocycles. The highest BCUT2D eigenvalue weighted by Gasteiger charge is 2.18. The van der Waals surface area contributed by atoms with Gasteiger partial charge in [0.05, 0.1) is 16.3 Å². The Morgan fingerprint density at radius 2 is 1.85 bits per heavy atom. The molecule has 0 atom stereocenters. The maximum atomic E-state index is 12.6. The number of aryl methyl sites for hydroxylation is 1. The van der Waals surface area contributed by atoms with E-state index in [-0.39, 0.29) is 5.91 Å². The minimum absolute atomic E-state index is 0.0114. The Balaban J connectivity index is 1.75. The first-order valence-electron chi connectivity index (χ1n) is 9.47. The van der Waals surface area contributed by atoms with Crippen LogP contribution in [0.3, 0.4) is 0 Å². The molecule has 0 spiro atoms. The minimum Gasteiger partial charge on any atom is -0.350 e. The summed E-state index contributed by atoms with van der Waals surface area (Å²) in [6.45, 7) is 12.2. The van der Waals surface area contributed by atoms with Gasteiger partial charge in [-0.2, -0.15) is 5.10 Å². The van der Waals surface area contributed by atoms with E-state index < -0.39 is 0 Å². The van der Waals surface area contributed by atoms with Crippen LogP contribution in [-0.4, -0.2) is 45.8 Å². The second-order valence-electron chi connectivity index (χ2n) is 7.34. The highest BCUT2D eigenvalue weighted by atomic mass is 32.1. The quantitative estimate of drug-likeness (QED) is 0.663. The van der Waals surface area contributed by atoms with Gasteiger partial charge in [-0.3, -0.25) is 9.69 Å². The van der Waals surface area contributed by atoms with E-state index in [0.717, 1.165) is 33.0 Å². The van der Waals surface area contributed by atoms with Crippen molar-refractivity contribution < 1.29 is 4.79 Å². The van der Waals surface area contributed by atoms with E-state index in [1.165, 1.54) is 11.3 Å². The molecule has 0 radical (unpaired) electrons. The Morgan fingerprint density at radius 1 is 1.19 bits per heavy atom. The lowest BCUT2D eigenvalue weighted by molar-refractivity contribution is 0.0943. The lowest BCUT2D eigenvalue weighted by Crippen LogP contribution is -2.42. The summed E-state index contributed by atoms with van der Waals surface area (Å²) in [6.07, 6.45) is 0. The van der Waals surface area contributed by atoms with Crippen molar-refractivity contribution in [1.82, 2.24) is 20.0 Å². The van der Waals surface area contributed by atoms with Gasteiger partial charge in [-0.15, -0.1) is 11.3 Å². The molecule has 0 unspecified atom stereocenters. The van der Waals surface area contributed by atoms with Crippen molar-refractivity contribution in [3.63, 3.8) is 0 Å². The van der Waals surface area contributed by atoms with Crippen molar-refractivity contribution in [1.29, 1.82) is 0 Å². The van der Waals surface area contributed by atoms with Crippen LogP contribution in [0.2, 0.25) is 0 Å². The monoisotopic (exact) mass is 384 g/mol. The predicted molar refractivity (Wildman–Crippen MR) is 113 cm³/mol. The highest BCUT2D eigenvalue weighted by molar-refractivity contribution is 7.20. The zero-order valence-electron chi connectivity index (χ0n) is 16.7. The Morgan fingerprint density at radius 3 is 2.48 bits per heavy atom. The second kappa shape index (κ2) is 8.23. The first-order valence-corrected chi connectivity index (χ1v) is 10.3. The van der Waals surface area contributed by atoms with Crippen LogP contribution in [0.5, 0.6) is 0 Å². The number of hydrogen-bond donors (Lipinski definition) is 1. The number of nitrogens with zero attached hydrogens (tertiary/aromatic N) is 3. The molecule has 0 aliphatic heterocycles. The topological polar surface area (TPSA) is 50.2 Å². The highest BCUT2D eigenvalue weighted by Crippen LogP contribution is 2.30. The van der Waals surface area contributed by atoms with E-state index >= 15 is 0 Å². The number of aromatic nitrogens is 2. The van der Waals surface area contributed by atoms with Gasteiger partial charge >= 0.3 is 0 Å². The molecular weight excluding hydrogens is 356 g/mol. The molecule has 0 saturated heterocycles. The fourth-order valence-corrected chi connectivity index (χ4v) is 4.50. The van der Waals surface area contributed by atoms with Crippen LogP contribution in [0.1, 0.15) is 43.1 Å². The normalized spacial score (nSPS) is 11.9. The maximum Gasteiger partial charge on any atom is 0.261 e. The summed E-state index contributed by atoms with van der Waals surface area (Å²) in [5, 5.41) is 8.74. The molecule has 144 valence electrons. The number of hydrogen-bond acceptors (Lipinski definition) is 4. The third-order valence-electron chi connectivity index (χ3n) is 4.75. The van der Waals surface area contributed by atoms with Crippen LogP contribution in [0.25, 0.3) is 15.9 Å². The first kappa shape index (κ1) is 19.6. The molecule has 0 aliphatic carbocycles. The number of carbonyl (C=O) groups is 1. The lowest BCUT2D eigenvalue weighted by atomic mass is 10.2. The van der Waals surface area contributed by atoms with Gasteiger partial charge in [0.1, 0.15) is 4.83 Å². The van der Waals surface area contributed by atoms with Gasteiger partial charge in [0.25, 0.3) is 5.91 Å². The molecule has 1 N–H and O–H groups in total.